The monoisotopic (exact) mass is 556 g/mol. The molecule has 2 aliphatic rings. The van der Waals surface area contributed by atoms with Crippen LogP contribution in [0, 0.1) is 20.8 Å². The maximum absolute atomic E-state index is 13.4. The zero-order valence-corrected chi connectivity index (χ0v) is 21.5. The minimum Gasteiger partial charge on any atom is -0.466 e. The highest BCUT2D eigenvalue weighted by atomic mass is 127. The van der Waals surface area contributed by atoms with Crippen LogP contribution >= 0.6 is 22.6 Å². The van der Waals surface area contributed by atoms with E-state index in [9.17, 15) is 14.9 Å². The van der Waals surface area contributed by atoms with Crippen LogP contribution < -0.4 is 5.32 Å². The van der Waals surface area contributed by atoms with E-state index in [0.717, 1.165) is 18.4 Å². The first kappa shape index (κ1) is 23.7. The fraction of sp³-hybridized carbons (Fsp3) is 0.444. The summed E-state index contributed by atoms with van der Waals surface area (Å²) in [5.74, 6) is -0.276. The van der Waals surface area contributed by atoms with Crippen LogP contribution in [0.2, 0.25) is 0 Å². The van der Waals surface area contributed by atoms with Crippen molar-refractivity contribution in [2.45, 2.75) is 63.7 Å². The second-order valence-electron chi connectivity index (χ2n) is 9.79. The zero-order chi connectivity index (χ0) is 23.8. The average molecular weight is 556 g/mol. The zero-order valence-electron chi connectivity index (χ0n) is 19.3. The second-order valence-corrected chi connectivity index (χ2v) is 11.0. The van der Waals surface area contributed by atoms with Crippen LogP contribution in [0.5, 0.6) is 0 Å². The molecule has 4 rings (SSSR count). The molecular formula is C27H29IN2O3. The van der Waals surface area contributed by atoms with Gasteiger partial charge in [-0.25, -0.2) is 0 Å². The van der Waals surface area contributed by atoms with Gasteiger partial charge in [-0.15, -0.1) is 0 Å². The SMILES string of the molecule is CCOC(=O)CCCc1ccc(C#N)cc1NC(=O)[C@@H]1C[C@]12CC(C)(C)c1ccc(I)cc12. The molecule has 2 atom stereocenters. The van der Waals surface area contributed by atoms with Crippen LogP contribution in [-0.2, 0) is 31.6 Å². The Morgan fingerprint density at radius 1 is 1.21 bits per heavy atom. The van der Waals surface area contributed by atoms with Gasteiger partial charge in [0.15, 0.2) is 0 Å². The van der Waals surface area contributed by atoms with Crippen LogP contribution in [-0.4, -0.2) is 18.5 Å². The molecule has 6 heteroatoms. The lowest BCUT2D eigenvalue weighted by Gasteiger charge is -2.19. The Morgan fingerprint density at radius 3 is 2.73 bits per heavy atom. The van der Waals surface area contributed by atoms with Crippen LogP contribution in [0.4, 0.5) is 5.69 Å². The number of anilines is 1. The Bertz CT molecular complexity index is 1150. The van der Waals surface area contributed by atoms with Crippen molar-refractivity contribution in [3.8, 4) is 6.07 Å². The van der Waals surface area contributed by atoms with E-state index in [2.05, 4.69) is 66.0 Å². The lowest BCUT2D eigenvalue weighted by molar-refractivity contribution is -0.143. The third-order valence-corrected chi connectivity index (χ3v) is 7.70. The number of aryl methyl sites for hydroxylation is 1. The van der Waals surface area contributed by atoms with E-state index in [4.69, 9.17) is 4.74 Å². The molecule has 0 aliphatic heterocycles. The number of halogens is 1. The van der Waals surface area contributed by atoms with Crippen LogP contribution in [0.15, 0.2) is 36.4 Å². The summed E-state index contributed by atoms with van der Waals surface area (Å²) in [6.07, 6.45) is 3.41. The molecule has 33 heavy (non-hydrogen) atoms. The molecule has 0 radical (unpaired) electrons. The number of hydrogen-bond donors (Lipinski definition) is 1. The molecule has 0 saturated heterocycles. The van der Waals surface area contributed by atoms with Crippen molar-refractivity contribution >= 4 is 40.2 Å². The highest BCUT2D eigenvalue weighted by Crippen LogP contribution is 2.66. The summed E-state index contributed by atoms with van der Waals surface area (Å²) >= 11 is 2.34. The number of benzene rings is 2. The van der Waals surface area contributed by atoms with Gasteiger partial charge in [0.05, 0.1) is 18.2 Å². The Balaban J connectivity index is 1.51. The van der Waals surface area contributed by atoms with Crippen molar-refractivity contribution < 1.29 is 14.3 Å². The average Bonchev–Trinajstić information content (AvgIpc) is 3.43. The molecule has 0 unspecified atom stereocenters. The van der Waals surface area contributed by atoms with Crippen LogP contribution in [0.25, 0.3) is 0 Å². The Labute approximate surface area is 209 Å². The summed E-state index contributed by atoms with van der Waals surface area (Å²) in [7, 11) is 0. The lowest BCUT2D eigenvalue weighted by atomic mass is 9.85. The van der Waals surface area contributed by atoms with Gasteiger partial charge in [0, 0.05) is 27.0 Å². The highest BCUT2D eigenvalue weighted by Gasteiger charge is 2.65. The summed E-state index contributed by atoms with van der Waals surface area (Å²) < 4.78 is 6.20. The molecule has 172 valence electrons. The van der Waals surface area contributed by atoms with Gasteiger partial charge in [-0.1, -0.05) is 26.0 Å². The van der Waals surface area contributed by atoms with E-state index in [-0.39, 0.29) is 28.6 Å². The van der Waals surface area contributed by atoms with Gasteiger partial charge in [-0.05, 0) is 102 Å². The number of nitrogens with one attached hydrogen (secondary N) is 1. The van der Waals surface area contributed by atoms with Crippen LogP contribution in [0.3, 0.4) is 0 Å². The van der Waals surface area contributed by atoms with Crippen molar-refractivity contribution in [2.24, 2.45) is 5.92 Å². The largest absolute Gasteiger partial charge is 0.466 e. The molecule has 0 bridgehead atoms. The highest BCUT2D eigenvalue weighted by molar-refractivity contribution is 14.1. The van der Waals surface area contributed by atoms with Gasteiger partial charge in [-0.2, -0.15) is 5.26 Å². The molecule has 1 fully saturated rings. The van der Waals surface area contributed by atoms with Gasteiger partial charge < -0.3 is 10.1 Å². The molecule has 1 amide bonds. The predicted molar refractivity (Wildman–Crippen MR) is 136 cm³/mol. The molecule has 2 aliphatic carbocycles. The number of ether oxygens (including phenoxy) is 1. The summed E-state index contributed by atoms with van der Waals surface area (Å²) in [6.45, 7) is 6.69. The number of amides is 1. The van der Waals surface area contributed by atoms with Gasteiger partial charge in [0.1, 0.15) is 0 Å². The first-order chi connectivity index (χ1) is 15.7. The molecular weight excluding hydrogens is 527 g/mol. The quantitative estimate of drug-likeness (QED) is 0.355. The number of nitrogens with zero attached hydrogens (tertiary/aromatic N) is 1. The maximum Gasteiger partial charge on any atom is 0.305 e. The van der Waals surface area contributed by atoms with E-state index in [1.807, 2.05) is 6.07 Å². The first-order valence-corrected chi connectivity index (χ1v) is 12.6. The van der Waals surface area contributed by atoms with Crippen molar-refractivity contribution in [1.82, 2.24) is 0 Å². The molecule has 2 aromatic carbocycles. The molecule has 0 heterocycles. The topological polar surface area (TPSA) is 79.2 Å². The third-order valence-electron chi connectivity index (χ3n) is 7.03. The normalized spacial score (nSPS) is 21.8. The van der Waals surface area contributed by atoms with Gasteiger partial charge in [-0.3, -0.25) is 9.59 Å². The standard InChI is InChI=1S/C27H29IN2O3/c1-4-33-24(31)7-5-6-18-9-8-17(15-29)12-23(18)30-25(32)22-14-27(22)16-26(2,3)20-11-10-19(28)13-21(20)27/h8-13,22H,4-7,14,16H2,1-3H3,(H,30,32)/t22-,27+/m0/s1. The van der Waals surface area contributed by atoms with E-state index >= 15 is 0 Å². The molecule has 5 nitrogen and oxygen atoms in total. The van der Waals surface area contributed by atoms with Crippen molar-refractivity contribution in [3.05, 3.63) is 62.2 Å². The lowest BCUT2D eigenvalue weighted by Crippen LogP contribution is -2.22. The first-order valence-electron chi connectivity index (χ1n) is 11.5. The second kappa shape index (κ2) is 9.09. The number of nitriles is 1. The molecule has 1 N–H and O–H groups in total. The summed E-state index contributed by atoms with van der Waals surface area (Å²) in [5.41, 5.74) is 4.73. The predicted octanol–water partition coefficient (Wildman–Crippen LogP) is 5.63. The fourth-order valence-electron chi connectivity index (χ4n) is 5.50. The smallest absolute Gasteiger partial charge is 0.305 e. The van der Waals surface area contributed by atoms with Gasteiger partial charge in [0.2, 0.25) is 5.91 Å². The minimum atomic E-state index is -0.214. The van der Waals surface area contributed by atoms with E-state index in [0.29, 0.717) is 37.1 Å². The van der Waals surface area contributed by atoms with E-state index in [1.54, 1.807) is 19.1 Å². The minimum absolute atomic E-state index is 0.0132. The molecule has 0 aromatic heterocycles. The van der Waals surface area contributed by atoms with Crippen molar-refractivity contribution in [1.29, 1.82) is 5.26 Å². The number of esters is 1. The van der Waals surface area contributed by atoms with E-state index < -0.39 is 0 Å². The number of carbonyl (C=O) groups excluding carboxylic acids is 2. The number of rotatable bonds is 7. The summed E-state index contributed by atoms with van der Waals surface area (Å²) in [5, 5.41) is 12.5. The Morgan fingerprint density at radius 2 is 2.00 bits per heavy atom. The molecule has 1 spiro atoms. The molecule has 2 aromatic rings. The maximum atomic E-state index is 13.4. The van der Waals surface area contributed by atoms with Crippen LogP contribution in [0.1, 0.15) is 68.7 Å². The summed E-state index contributed by atoms with van der Waals surface area (Å²) in [4.78, 5) is 25.1. The Kier molecular flexibility index (Phi) is 6.54. The molecule has 1 saturated carbocycles. The number of carbonyl (C=O) groups is 2. The summed E-state index contributed by atoms with van der Waals surface area (Å²) in [6, 6.07) is 14.1. The van der Waals surface area contributed by atoms with Gasteiger partial charge in [0.25, 0.3) is 0 Å². The number of hydrogen-bond acceptors (Lipinski definition) is 4. The Hall–Kier alpha value is -2.40. The van der Waals surface area contributed by atoms with E-state index in [1.165, 1.54) is 14.7 Å². The van der Waals surface area contributed by atoms with Crippen molar-refractivity contribution in [3.63, 3.8) is 0 Å². The fourth-order valence-corrected chi connectivity index (χ4v) is 5.99. The number of fused-ring (bicyclic) bond motifs is 2. The van der Waals surface area contributed by atoms with Gasteiger partial charge >= 0.3 is 5.97 Å². The van der Waals surface area contributed by atoms with Crippen molar-refractivity contribution in [2.75, 3.05) is 11.9 Å². The third kappa shape index (κ3) is 4.65.